The van der Waals surface area contributed by atoms with Crippen LogP contribution in [0.5, 0.6) is 0 Å². The fourth-order valence-electron chi connectivity index (χ4n) is 4.22. The number of amides is 1. The number of ether oxygens (including phenoxy) is 1. The number of hydrogen-bond donors (Lipinski definition) is 3. The van der Waals surface area contributed by atoms with Crippen molar-refractivity contribution in [2.45, 2.75) is 70.3 Å². The highest BCUT2D eigenvalue weighted by atomic mass is 16.6. The number of aliphatic hydroxyl groups excluding tert-OH is 2. The molecular formula is C24H30N2O6. The van der Waals surface area contributed by atoms with E-state index in [1.54, 1.807) is 30.3 Å². The van der Waals surface area contributed by atoms with Gasteiger partial charge in [0.1, 0.15) is 0 Å². The maximum Gasteiger partial charge on any atom is 0.408 e. The lowest BCUT2D eigenvalue weighted by atomic mass is 9.91. The Morgan fingerprint density at radius 2 is 1.62 bits per heavy atom. The number of nitro benzene ring substituents is 1. The summed E-state index contributed by atoms with van der Waals surface area (Å²) >= 11 is 0. The van der Waals surface area contributed by atoms with Gasteiger partial charge in [0.2, 0.25) is 0 Å². The van der Waals surface area contributed by atoms with E-state index in [1.165, 1.54) is 26.0 Å². The van der Waals surface area contributed by atoms with Crippen molar-refractivity contribution in [3.63, 3.8) is 0 Å². The Kier molecular flexibility index (Phi) is 7.82. The summed E-state index contributed by atoms with van der Waals surface area (Å²) in [6.45, 7) is 3.00. The molecule has 0 heterocycles. The first-order chi connectivity index (χ1) is 15.3. The van der Waals surface area contributed by atoms with Crippen LogP contribution in [-0.4, -0.2) is 27.3 Å². The second-order valence-electron chi connectivity index (χ2n) is 8.32. The molecule has 1 fully saturated rings. The standard InChI is InChI=1S/C24H30N2O6/c1-15(27)19-13-21(22(26(30)31)14-20(19)16(2)28)23(17-9-5-3-6-10-17)32-24(29)25-18-11-7-4-8-12-18/h3,5-6,9-10,13-16,18,23,27-28H,4,7-8,11-12H2,1-2H3,(H,25,29). The number of carbonyl (C=O) groups is 1. The van der Waals surface area contributed by atoms with Crippen LogP contribution >= 0.6 is 0 Å². The fourth-order valence-corrected chi connectivity index (χ4v) is 4.22. The number of nitro groups is 1. The third kappa shape index (κ3) is 5.63. The van der Waals surface area contributed by atoms with E-state index in [9.17, 15) is 25.1 Å². The molecule has 1 aliphatic rings. The average Bonchev–Trinajstić information content (AvgIpc) is 2.77. The Hall–Kier alpha value is -2.97. The first-order valence-corrected chi connectivity index (χ1v) is 11.0. The molecule has 0 spiro atoms. The number of alkyl carbamates (subject to hydrolysis) is 1. The summed E-state index contributed by atoms with van der Waals surface area (Å²) < 4.78 is 5.75. The predicted molar refractivity (Wildman–Crippen MR) is 119 cm³/mol. The maximum atomic E-state index is 12.8. The lowest BCUT2D eigenvalue weighted by Crippen LogP contribution is -2.37. The van der Waals surface area contributed by atoms with E-state index in [0.717, 1.165) is 32.1 Å². The van der Waals surface area contributed by atoms with Gasteiger partial charge in [0.15, 0.2) is 6.10 Å². The van der Waals surface area contributed by atoms with Crippen molar-refractivity contribution in [2.24, 2.45) is 0 Å². The summed E-state index contributed by atoms with van der Waals surface area (Å²) in [5.74, 6) is 0. The molecule has 3 N–H and O–H groups in total. The minimum atomic E-state index is -1.05. The lowest BCUT2D eigenvalue weighted by Gasteiger charge is -2.25. The second-order valence-corrected chi connectivity index (χ2v) is 8.32. The van der Waals surface area contributed by atoms with Crippen LogP contribution < -0.4 is 5.32 Å². The molecule has 0 bridgehead atoms. The van der Waals surface area contributed by atoms with Crippen molar-refractivity contribution in [1.82, 2.24) is 5.32 Å². The zero-order valence-electron chi connectivity index (χ0n) is 18.4. The largest absolute Gasteiger partial charge is 0.436 e. The molecule has 3 rings (SSSR count). The third-order valence-corrected chi connectivity index (χ3v) is 5.87. The van der Waals surface area contributed by atoms with Crippen LogP contribution in [0.15, 0.2) is 42.5 Å². The van der Waals surface area contributed by atoms with Gasteiger partial charge in [-0.25, -0.2) is 4.79 Å². The number of carbonyl (C=O) groups excluding carboxylic acids is 1. The number of hydrogen-bond acceptors (Lipinski definition) is 6. The van der Waals surface area contributed by atoms with Gasteiger partial charge in [0, 0.05) is 12.1 Å². The van der Waals surface area contributed by atoms with E-state index in [0.29, 0.717) is 11.1 Å². The number of nitrogens with zero attached hydrogens (tertiary/aromatic N) is 1. The maximum absolute atomic E-state index is 12.8. The molecule has 0 radical (unpaired) electrons. The van der Waals surface area contributed by atoms with E-state index in [1.807, 2.05) is 0 Å². The Bertz CT molecular complexity index is 939. The van der Waals surface area contributed by atoms with Crippen LogP contribution in [0.25, 0.3) is 0 Å². The van der Waals surface area contributed by atoms with E-state index in [4.69, 9.17) is 4.74 Å². The molecule has 0 aromatic heterocycles. The third-order valence-electron chi connectivity index (χ3n) is 5.87. The molecule has 1 aliphatic carbocycles. The van der Waals surface area contributed by atoms with Crippen LogP contribution in [0.2, 0.25) is 0 Å². The minimum absolute atomic E-state index is 0.0216. The molecule has 172 valence electrons. The first kappa shape index (κ1) is 23.7. The smallest absolute Gasteiger partial charge is 0.408 e. The molecular weight excluding hydrogens is 412 g/mol. The van der Waals surface area contributed by atoms with Crippen molar-refractivity contribution >= 4 is 11.8 Å². The van der Waals surface area contributed by atoms with E-state index in [2.05, 4.69) is 5.32 Å². The molecule has 2 aromatic rings. The zero-order valence-corrected chi connectivity index (χ0v) is 18.4. The summed E-state index contributed by atoms with van der Waals surface area (Å²) in [6.07, 6.45) is 1.28. The molecule has 0 saturated heterocycles. The first-order valence-electron chi connectivity index (χ1n) is 11.0. The molecule has 8 heteroatoms. The monoisotopic (exact) mass is 442 g/mol. The number of benzene rings is 2. The Morgan fingerprint density at radius 3 is 2.19 bits per heavy atom. The zero-order chi connectivity index (χ0) is 23.3. The van der Waals surface area contributed by atoms with Gasteiger partial charge in [-0.05, 0) is 49.4 Å². The molecule has 2 aromatic carbocycles. The van der Waals surface area contributed by atoms with Crippen LogP contribution in [0.4, 0.5) is 10.5 Å². The van der Waals surface area contributed by atoms with Crippen LogP contribution in [0.1, 0.15) is 86.5 Å². The summed E-state index contributed by atoms with van der Waals surface area (Å²) in [6, 6.07) is 11.5. The summed E-state index contributed by atoms with van der Waals surface area (Å²) in [7, 11) is 0. The Morgan fingerprint density at radius 1 is 1.03 bits per heavy atom. The second kappa shape index (κ2) is 10.6. The quantitative estimate of drug-likeness (QED) is 0.416. The van der Waals surface area contributed by atoms with Gasteiger partial charge in [-0.2, -0.15) is 0 Å². The number of rotatable bonds is 7. The normalized spacial score (nSPS) is 17.2. The van der Waals surface area contributed by atoms with E-state index in [-0.39, 0.29) is 22.9 Å². The number of nitrogens with one attached hydrogen (secondary N) is 1. The van der Waals surface area contributed by atoms with Crippen molar-refractivity contribution < 1.29 is 24.7 Å². The predicted octanol–water partition coefficient (Wildman–Crippen LogP) is 4.85. The van der Waals surface area contributed by atoms with Crippen LogP contribution in [0.3, 0.4) is 0 Å². The van der Waals surface area contributed by atoms with Crippen molar-refractivity contribution in [3.8, 4) is 0 Å². The molecule has 32 heavy (non-hydrogen) atoms. The van der Waals surface area contributed by atoms with Gasteiger partial charge in [0.25, 0.3) is 5.69 Å². The average molecular weight is 443 g/mol. The highest BCUT2D eigenvalue weighted by Gasteiger charge is 2.31. The molecule has 8 nitrogen and oxygen atoms in total. The summed E-state index contributed by atoms with van der Waals surface area (Å²) in [5, 5.41) is 35.2. The topological polar surface area (TPSA) is 122 Å². The van der Waals surface area contributed by atoms with Gasteiger partial charge in [-0.3, -0.25) is 10.1 Å². The van der Waals surface area contributed by atoms with Crippen LogP contribution in [0, 0.1) is 10.1 Å². The van der Waals surface area contributed by atoms with Gasteiger partial charge >= 0.3 is 6.09 Å². The molecule has 0 aliphatic heterocycles. The summed E-state index contributed by atoms with van der Waals surface area (Å²) in [4.78, 5) is 24.1. The Labute approximate surface area is 187 Å². The SMILES string of the molecule is CC(O)c1cc(C(OC(=O)NC2CCCCC2)c2ccccc2)c([N+](=O)[O-])cc1C(C)O. The minimum Gasteiger partial charge on any atom is -0.436 e. The van der Waals surface area contributed by atoms with E-state index >= 15 is 0 Å². The van der Waals surface area contributed by atoms with Gasteiger partial charge < -0.3 is 20.3 Å². The molecule has 1 saturated carbocycles. The van der Waals surface area contributed by atoms with Gasteiger partial charge in [-0.1, -0.05) is 49.6 Å². The van der Waals surface area contributed by atoms with Crippen molar-refractivity contribution in [1.29, 1.82) is 0 Å². The molecule has 3 atom stereocenters. The van der Waals surface area contributed by atoms with Crippen molar-refractivity contribution in [3.05, 3.63) is 74.8 Å². The fraction of sp³-hybridized carbons (Fsp3) is 0.458. The van der Waals surface area contributed by atoms with Crippen LogP contribution in [-0.2, 0) is 4.74 Å². The molecule has 3 unspecified atom stereocenters. The lowest BCUT2D eigenvalue weighted by molar-refractivity contribution is -0.386. The van der Waals surface area contributed by atoms with Gasteiger partial charge in [-0.15, -0.1) is 0 Å². The summed E-state index contributed by atoms with van der Waals surface area (Å²) in [5.41, 5.74) is 1.02. The van der Waals surface area contributed by atoms with Gasteiger partial charge in [0.05, 0.1) is 22.7 Å². The molecule has 1 amide bonds. The highest BCUT2D eigenvalue weighted by molar-refractivity contribution is 5.69. The number of aliphatic hydroxyl groups is 2. The Balaban J connectivity index is 2.04. The highest BCUT2D eigenvalue weighted by Crippen LogP contribution is 2.38. The van der Waals surface area contributed by atoms with Crippen molar-refractivity contribution in [2.75, 3.05) is 0 Å². The van der Waals surface area contributed by atoms with E-state index < -0.39 is 29.3 Å².